The van der Waals surface area contributed by atoms with E-state index in [1.807, 2.05) is 0 Å². The van der Waals surface area contributed by atoms with Crippen molar-refractivity contribution in [2.24, 2.45) is 0 Å². The van der Waals surface area contributed by atoms with Crippen LogP contribution < -0.4 is 5.32 Å². The molecule has 6 nitrogen and oxygen atoms in total. The molecule has 0 spiro atoms. The fourth-order valence-electron chi connectivity index (χ4n) is 2.75. The highest BCUT2D eigenvalue weighted by molar-refractivity contribution is 9.10. The van der Waals surface area contributed by atoms with E-state index < -0.39 is 0 Å². The van der Waals surface area contributed by atoms with Crippen LogP contribution in [0.1, 0.15) is 29.6 Å². The van der Waals surface area contributed by atoms with Gasteiger partial charge in [-0.25, -0.2) is 0 Å². The number of rotatable bonds is 5. The number of carbonyl (C=O) groups is 3. The van der Waals surface area contributed by atoms with E-state index >= 15 is 0 Å². The van der Waals surface area contributed by atoms with Crippen molar-refractivity contribution in [3.63, 3.8) is 0 Å². The van der Waals surface area contributed by atoms with Gasteiger partial charge in [-0.3, -0.25) is 14.4 Å². The maximum Gasteiger partial charge on any atom is 0.251 e. The summed E-state index contributed by atoms with van der Waals surface area (Å²) < 4.78 is 0.903. The first-order chi connectivity index (χ1) is 11.4. The summed E-state index contributed by atoms with van der Waals surface area (Å²) in [7, 11) is 3.39. The lowest BCUT2D eigenvalue weighted by Gasteiger charge is -2.26. The van der Waals surface area contributed by atoms with Crippen molar-refractivity contribution >= 4 is 33.7 Å². The molecule has 0 aromatic heterocycles. The standard InChI is InChI=1S/C17H22BrN3O3/c1-20(2)17(24)14-4-3-11-21(14)15(22)9-10-19-16(23)12-5-7-13(18)8-6-12/h5-8,14H,3-4,9-11H2,1-2H3,(H,19,23). The van der Waals surface area contributed by atoms with E-state index in [0.29, 0.717) is 18.5 Å². The van der Waals surface area contributed by atoms with Crippen molar-refractivity contribution in [1.82, 2.24) is 15.1 Å². The number of carbonyl (C=O) groups excluding carboxylic acids is 3. The van der Waals surface area contributed by atoms with Crippen LogP contribution in [0.2, 0.25) is 0 Å². The SMILES string of the molecule is CN(C)C(=O)C1CCCN1C(=O)CCNC(=O)c1ccc(Br)cc1. The number of amides is 3. The van der Waals surface area contributed by atoms with Gasteiger partial charge in [-0.15, -0.1) is 0 Å². The highest BCUT2D eigenvalue weighted by atomic mass is 79.9. The Morgan fingerprint density at radius 1 is 1.25 bits per heavy atom. The van der Waals surface area contributed by atoms with Crippen LogP contribution in [0.4, 0.5) is 0 Å². The minimum Gasteiger partial charge on any atom is -0.352 e. The third kappa shape index (κ3) is 4.56. The van der Waals surface area contributed by atoms with Crippen LogP contribution in [0.25, 0.3) is 0 Å². The third-order valence-electron chi connectivity index (χ3n) is 4.03. The molecule has 1 heterocycles. The van der Waals surface area contributed by atoms with Crippen molar-refractivity contribution in [1.29, 1.82) is 0 Å². The van der Waals surface area contributed by atoms with Gasteiger partial charge in [0, 0.05) is 43.6 Å². The number of likely N-dealkylation sites (tertiary alicyclic amines) is 1. The molecule has 1 aromatic rings. The largest absolute Gasteiger partial charge is 0.352 e. The molecule has 1 saturated heterocycles. The van der Waals surface area contributed by atoms with Gasteiger partial charge in [-0.05, 0) is 37.1 Å². The van der Waals surface area contributed by atoms with E-state index in [1.165, 1.54) is 4.90 Å². The molecule has 0 saturated carbocycles. The molecule has 1 N–H and O–H groups in total. The van der Waals surface area contributed by atoms with Gasteiger partial charge in [0.25, 0.3) is 5.91 Å². The molecule has 1 aromatic carbocycles. The van der Waals surface area contributed by atoms with Crippen molar-refractivity contribution in [3.05, 3.63) is 34.3 Å². The molecule has 1 unspecified atom stereocenters. The minimum atomic E-state index is -0.366. The average molecular weight is 396 g/mol. The van der Waals surface area contributed by atoms with Gasteiger partial charge in [0.15, 0.2) is 0 Å². The second kappa shape index (κ2) is 8.28. The number of benzene rings is 1. The number of halogens is 1. The first-order valence-electron chi connectivity index (χ1n) is 7.94. The zero-order valence-electron chi connectivity index (χ0n) is 13.9. The molecule has 1 fully saturated rings. The summed E-state index contributed by atoms with van der Waals surface area (Å²) >= 11 is 3.32. The van der Waals surface area contributed by atoms with E-state index in [-0.39, 0.29) is 36.7 Å². The van der Waals surface area contributed by atoms with Crippen molar-refractivity contribution in [2.75, 3.05) is 27.2 Å². The topological polar surface area (TPSA) is 69.7 Å². The van der Waals surface area contributed by atoms with Crippen LogP contribution in [0, 0.1) is 0 Å². The van der Waals surface area contributed by atoms with Crippen LogP contribution in [0.5, 0.6) is 0 Å². The van der Waals surface area contributed by atoms with Crippen LogP contribution in [-0.2, 0) is 9.59 Å². The zero-order chi connectivity index (χ0) is 17.7. The highest BCUT2D eigenvalue weighted by Crippen LogP contribution is 2.19. The van der Waals surface area contributed by atoms with Gasteiger partial charge in [0.05, 0.1) is 0 Å². The Balaban J connectivity index is 1.83. The van der Waals surface area contributed by atoms with E-state index in [1.54, 1.807) is 43.3 Å². The number of nitrogens with zero attached hydrogens (tertiary/aromatic N) is 2. The average Bonchev–Trinajstić information content (AvgIpc) is 3.04. The fraction of sp³-hybridized carbons (Fsp3) is 0.471. The Kier molecular flexibility index (Phi) is 6.36. The summed E-state index contributed by atoms with van der Waals surface area (Å²) in [6.07, 6.45) is 1.73. The smallest absolute Gasteiger partial charge is 0.251 e. The van der Waals surface area contributed by atoms with Gasteiger partial charge in [0.2, 0.25) is 11.8 Å². The second-order valence-electron chi connectivity index (χ2n) is 5.99. The molecule has 0 radical (unpaired) electrons. The van der Waals surface area contributed by atoms with E-state index in [9.17, 15) is 14.4 Å². The Labute approximate surface area is 150 Å². The minimum absolute atomic E-state index is 0.0419. The van der Waals surface area contributed by atoms with E-state index in [0.717, 1.165) is 10.9 Å². The van der Waals surface area contributed by atoms with Crippen LogP contribution in [0.3, 0.4) is 0 Å². The lowest BCUT2D eigenvalue weighted by molar-refractivity contribution is -0.142. The summed E-state index contributed by atoms with van der Waals surface area (Å²) in [5, 5.41) is 2.74. The quantitative estimate of drug-likeness (QED) is 0.823. The molecule has 1 atom stereocenters. The highest BCUT2D eigenvalue weighted by Gasteiger charge is 2.34. The number of hydrogen-bond acceptors (Lipinski definition) is 3. The monoisotopic (exact) mass is 395 g/mol. The van der Waals surface area contributed by atoms with Gasteiger partial charge in [-0.1, -0.05) is 15.9 Å². The molecule has 3 amide bonds. The third-order valence-corrected chi connectivity index (χ3v) is 4.56. The van der Waals surface area contributed by atoms with Crippen LogP contribution in [0.15, 0.2) is 28.7 Å². The zero-order valence-corrected chi connectivity index (χ0v) is 15.5. The molecule has 1 aliphatic rings. The second-order valence-corrected chi connectivity index (χ2v) is 6.91. The van der Waals surface area contributed by atoms with Gasteiger partial charge in [0.1, 0.15) is 6.04 Å². The number of likely N-dealkylation sites (N-methyl/N-ethyl adjacent to an activating group) is 1. The fourth-order valence-corrected chi connectivity index (χ4v) is 3.01. The summed E-state index contributed by atoms with van der Waals surface area (Å²) in [5.41, 5.74) is 0.549. The van der Waals surface area contributed by atoms with Gasteiger partial charge >= 0.3 is 0 Å². The molecule has 0 aliphatic carbocycles. The predicted octanol–water partition coefficient (Wildman–Crippen LogP) is 1.65. The van der Waals surface area contributed by atoms with Crippen molar-refractivity contribution < 1.29 is 14.4 Å². The van der Waals surface area contributed by atoms with Gasteiger partial charge in [-0.2, -0.15) is 0 Å². The summed E-state index contributed by atoms with van der Waals surface area (Å²) in [6, 6.07) is 6.65. The lowest BCUT2D eigenvalue weighted by Crippen LogP contribution is -2.46. The number of hydrogen-bond donors (Lipinski definition) is 1. The van der Waals surface area contributed by atoms with E-state index in [4.69, 9.17) is 0 Å². The Bertz CT molecular complexity index is 616. The molecule has 1 aliphatic heterocycles. The molecular weight excluding hydrogens is 374 g/mol. The molecule has 2 rings (SSSR count). The molecule has 24 heavy (non-hydrogen) atoms. The molecule has 7 heteroatoms. The molecule has 130 valence electrons. The summed E-state index contributed by atoms with van der Waals surface area (Å²) in [6.45, 7) is 0.858. The Hall–Kier alpha value is -1.89. The maximum absolute atomic E-state index is 12.3. The molecule has 0 bridgehead atoms. The first kappa shape index (κ1) is 18.4. The Morgan fingerprint density at radius 2 is 1.92 bits per heavy atom. The van der Waals surface area contributed by atoms with Crippen LogP contribution in [-0.4, -0.2) is 60.7 Å². The maximum atomic E-state index is 12.3. The Morgan fingerprint density at radius 3 is 2.54 bits per heavy atom. The van der Waals surface area contributed by atoms with Crippen LogP contribution >= 0.6 is 15.9 Å². The summed E-state index contributed by atoms with van der Waals surface area (Å²) in [5.74, 6) is -0.346. The number of nitrogens with one attached hydrogen (secondary N) is 1. The summed E-state index contributed by atoms with van der Waals surface area (Å²) in [4.78, 5) is 39.6. The van der Waals surface area contributed by atoms with Gasteiger partial charge < -0.3 is 15.1 Å². The van der Waals surface area contributed by atoms with E-state index in [2.05, 4.69) is 21.2 Å². The lowest BCUT2D eigenvalue weighted by atomic mass is 10.2. The van der Waals surface area contributed by atoms with Crippen molar-refractivity contribution in [3.8, 4) is 0 Å². The normalized spacial score (nSPS) is 16.8. The van der Waals surface area contributed by atoms with Crippen molar-refractivity contribution in [2.45, 2.75) is 25.3 Å². The first-order valence-corrected chi connectivity index (χ1v) is 8.74. The predicted molar refractivity (Wildman–Crippen MR) is 94.5 cm³/mol. The molecular formula is C17H22BrN3O3.